The summed E-state index contributed by atoms with van der Waals surface area (Å²) in [6, 6.07) is 0.728. The molecule has 47 heavy (non-hydrogen) atoms. The molecular formula is C32H43N5O10. The minimum absolute atomic E-state index is 0.116. The number of ether oxygens (including phenoxy) is 1. The number of hydrogen-bond acceptors (Lipinski definition) is 11. The van der Waals surface area contributed by atoms with Gasteiger partial charge in [0.25, 0.3) is 5.91 Å². The van der Waals surface area contributed by atoms with E-state index in [1.54, 1.807) is 48.5 Å². The number of hydrogen-bond donors (Lipinski definition) is 8. The van der Waals surface area contributed by atoms with Crippen LogP contribution in [0.1, 0.15) is 65.5 Å². The first kappa shape index (κ1) is 35.2. The number of carbonyl (C=O) groups is 5. The summed E-state index contributed by atoms with van der Waals surface area (Å²) in [5.41, 5.74) is -0.581. The summed E-state index contributed by atoms with van der Waals surface area (Å²) in [5, 5.41) is 54.5. The number of nitrogens with two attached hydrogens (primary N) is 1. The lowest BCUT2D eigenvalue weighted by atomic mass is 9.54. The Morgan fingerprint density at radius 1 is 0.979 bits per heavy atom. The van der Waals surface area contributed by atoms with Gasteiger partial charge >= 0.3 is 12.1 Å². The summed E-state index contributed by atoms with van der Waals surface area (Å²) in [6.45, 7) is 11.7. The number of aliphatic hydroxyl groups is 3. The Hall–Kier alpha value is -4.63. The van der Waals surface area contributed by atoms with Crippen LogP contribution in [0.15, 0.2) is 29.0 Å². The highest BCUT2D eigenvalue weighted by Gasteiger charge is 2.71. The third-order valence-corrected chi connectivity index (χ3v) is 8.57. The van der Waals surface area contributed by atoms with Gasteiger partial charge in [0.05, 0.1) is 29.3 Å². The van der Waals surface area contributed by atoms with Crippen LogP contribution in [0, 0.1) is 11.8 Å². The SMILES string of the molecule is C[C@@H]1c2ccc(NC(=O)NC(C)(C)C)c(O)c2C(O)=C2C(=O)[C@]3(OC(=O)NC(C)(C)C)C(O)=C(C(N)=O)C(=O)[C@H](N(C)C)[C@H]3[C@H](O)[C@H]21. The van der Waals surface area contributed by atoms with Gasteiger partial charge in [-0.2, -0.15) is 0 Å². The van der Waals surface area contributed by atoms with E-state index >= 15 is 0 Å². The van der Waals surface area contributed by atoms with E-state index in [1.165, 1.54) is 31.1 Å². The summed E-state index contributed by atoms with van der Waals surface area (Å²) >= 11 is 0. The van der Waals surface area contributed by atoms with Gasteiger partial charge in [-0.25, -0.2) is 9.59 Å². The van der Waals surface area contributed by atoms with Crippen LogP contribution in [0.25, 0.3) is 5.76 Å². The van der Waals surface area contributed by atoms with Crippen molar-refractivity contribution >= 4 is 41.0 Å². The molecule has 0 aromatic heterocycles. The number of benzene rings is 1. The zero-order valence-electron chi connectivity index (χ0n) is 27.8. The van der Waals surface area contributed by atoms with E-state index in [2.05, 4.69) is 16.0 Å². The van der Waals surface area contributed by atoms with Crippen molar-refractivity contribution < 1.29 is 49.1 Å². The number of ketones is 2. The van der Waals surface area contributed by atoms with Crippen molar-refractivity contribution in [1.29, 1.82) is 0 Å². The number of amides is 4. The van der Waals surface area contributed by atoms with Gasteiger partial charge in [0.1, 0.15) is 17.1 Å². The van der Waals surface area contributed by atoms with Gasteiger partial charge in [0, 0.05) is 22.6 Å². The molecule has 0 aliphatic heterocycles. The fourth-order valence-corrected chi connectivity index (χ4v) is 6.83. The molecule has 1 aromatic rings. The number of aliphatic hydroxyl groups excluding tert-OH is 3. The predicted molar refractivity (Wildman–Crippen MR) is 169 cm³/mol. The quantitative estimate of drug-likeness (QED) is 0.172. The van der Waals surface area contributed by atoms with Gasteiger partial charge in [-0.1, -0.05) is 13.0 Å². The van der Waals surface area contributed by atoms with E-state index in [-0.39, 0.29) is 11.3 Å². The molecular weight excluding hydrogens is 614 g/mol. The van der Waals surface area contributed by atoms with E-state index < -0.39 is 105 Å². The van der Waals surface area contributed by atoms with Crippen LogP contribution in [0.3, 0.4) is 0 Å². The molecule has 0 radical (unpaired) electrons. The normalized spacial score (nSPS) is 27.5. The zero-order chi connectivity index (χ0) is 35.7. The lowest BCUT2D eigenvalue weighted by molar-refractivity contribution is -0.170. The molecule has 4 amide bonds. The molecule has 1 aromatic carbocycles. The molecule has 3 aliphatic rings. The van der Waals surface area contributed by atoms with Crippen molar-refractivity contribution in [2.24, 2.45) is 17.6 Å². The second kappa shape index (κ2) is 11.6. The van der Waals surface area contributed by atoms with Gasteiger partial charge in [0.2, 0.25) is 11.4 Å². The maximum absolute atomic E-state index is 14.8. The molecule has 0 saturated heterocycles. The number of phenolic OH excluding ortho intramolecular Hbond substituents is 1. The molecule has 15 heteroatoms. The number of likely N-dealkylation sites (N-methyl/N-ethyl adjacent to an activating group) is 1. The maximum atomic E-state index is 14.8. The molecule has 1 fully saturated rings. The van der Waals surface area contributed by atoms with Crippen molar-refractivity contribution in [3.05, 3.63) is 40.2 Å². The average molecular weight is 658 g/mol. The summed E-state index contributed by atoms with van der Waals surface area (Å²) in [6.07, 6.45) is -3.01. The Bertz CT molecular complexity index is 1630. The van der Waals surface area contributed by atoms with Crippen LogP contribution in [0.5, 0.6) is 5.75 Å². The van der Waals surface area contributed by atoms with E-state index in [0.717, 1.165) is 0 Å². The van der Waals surface area contributed by atoms with Crippen LogP contribution >= 0.6 is 0 Å². The number of rotatable bonds is 4. The van der Waals surface area contributed by atoms with Crippen LogP contribution in [0.4, 0.5) is 15.3 Å². The summed E-state index contributed by atoms with van der Waals surface area (Å²) in [7, 11) is 2.87. The first-order chi connectivity index (χ1) is 21.5. The van der Waals surface area contributed by atoms with Gasteiger partial charge in [-0.05, 0) is 73.2 Å². The summed E-state index contributed by atoms with van der Waals surface area (Å²) < 4.78 is 5.71. The van der Waals surface area contributed by atoms with E-state index in [1.807, 2.05) is 0 Å². The molecule has 0 bridgehead atoms. The maximum Gasteiger partial charge on any atom is 0.409 e. The lowest BCUT2D eigenvalue weighted by Gasteiger charge is -2.54. The molecule has 1 saturated carbocycles. The minimum atomic E-state index is -2.92. The fraction of sp³-hybridized carbons (Fsp3) is 0.531. The monoisotopic (exact) mass is 657 g/mol. The second-order valence-electron chi connectivity index (χ2n) is 14.5. The standard InChI is InChI=1S/C32H43N5O10/c1-12-13-10-11-14(34-28(45)35-30(2,3)4)21(38)16(13)22(39)17-15(12)23(40)19-20(37(8)9)24(41)18(27(33)44)26(43)32(19,25(17)42)47-29(46)36-31(5,6)7/h10-12,15,19-20,23,38-40,43H,1-9H3,(H2,33,44)(H,36,46)(H2,34,35,45)/t12-,15+,19+,20-,23-,32+/m1/s1. The van der Waals surface area contributed by atoms with Gasteiger partial charge in [-0.3, -0.25) is 19.3 Å². The number of aromatic hydroxyl groups is 1. The van der Waals surface area contributed by atoms with Crippen LogP contribution in [-0.2, 0) is 19.1 Å². The van der Waals surface area contributed by atoms with E-state index in [0.29, 0.717) is 5.56 Å². The molecule has 0 unspecified atom stereocenters. The number of nitrogens with one attached hydrogen (secondary N) is 3. The average Bonchev–Trinajstić information content (AvgIpc) is 2.89. The first-order valence-corrected chi connectivity index (χ1v) is 15.0. The smallest absolute Gasteiger partial charge is 0.409 e. The highest BCUT2D eigenvalue weighted by atomic mass is 16.6. The molecule has 6 atom stereocenters. The Kier molecular flexibility index (Phi) is 8.66. The number of alkyl carbamates (subject to hydrolysis) is 1. The number of carbonyl (C=O) groups excluding carboxylic acids is 5. The number of urea groups is 1. The largest absolute Gasteiger partial charge is 0.507 e. The number of fused-ring (bicyclic) bond motifs is 3. The van der Waals surface area contributed by atoms with Crippen LogP contribution in [0.2, 0.25) is 0 Å². The molecule has 256 valence electrons. The van der Waals surface area contributed by atoms with Crippen molar-refractivity contribution in [2.45, 2.75) is 83.2 Å². The summed E-state index contributed by atoms with van der Waals surface area (Å²) in [5.74, 6) is -10.1. The molecule has 0 heterocycles. The third kappa shape index (κ3) is 5.78. The Morgan fingerprint density at radius 2 is 1.55 bits per heavy atom. The Morgan fingerprint density at radius 3 is 2.06 bits per heavy atom. The van der Waals surface area contributed by atoms with Gasteiger partial charge in [0.15, 0.2) is 11.5 Å². The Balaban J connectivity index is 2.03. The van der Waals surface area contributed by atoms with Gasteiger partial charge in [-0.15, -0.1) is 0 Å². The number of Topliss-reactive ketones (excluding diaryl/α,β-unsaturated/α-hetero) is 2. The van der Waals surface area contributed by atoms with Crippen molar-refractivity contribution in [2.75, 3.05) is 19.4 Å². The first-order valence-electron chi connectivity index (χ1n) is 15.0. The lowest BCUT2D eigenvalue weighted by Crippen LogP contribution is -2.72. The second-order valence-corrected chi connectivity index (χ2v) is 14.5. The number of primary amides is 1. The Labute approximate surface area is 271 Å². The van der Waals surface area contributed by atoms with E-state index in [4.69, 9.17) is 10.5 Å². The third-order valence-electron chi connectivity index (χ3n) is 8.57. The van der Waals surface area contributed by atoms with Crippen molar-refractivity contribution in [1.82, 2.24) is 15.5 Å². The minimum Gasteiger partial charge on any atom is -0.507 e. The fourth-order valence-electron chi connectivity index (χ4n) is 6.83. The van der Waals surface area contributed by atoms with Crippen LogP contribution < -0.4 is 21.7 Å². The van der Waals surface area contributed by atoms with Crippen molar-refractivity contribution in [3.8, 4) is 5.75 Å². The molecule has 9 N–H and O–H groups in total. The number of anilines is 1. The zero-order valence-corrected chi connectivity index (χ0v) is 27.8. The van der Waals surface area contributed by atoms with Crippen LogP contribution in [-0.4, -0.2) is 97.8 Å². The van der Waals surface area contributed by atoms with Crippen molar-refractivity contribution in [3.63, 3.8) is 0 Å². The molecule has 0 spiro atoms. The molecule has 15 nitrogen and oxygen atoms in total. The van der Waals surface area contributed by atoms with E-state index in [9.17, 15) is 44.4 Å². The summed E-state index contributed by atoms with van der Waals surface area (Å²) in [4.78, 5) is 68.3. The number of nitrogens with zero attached hydrogens (tertiary/aromatic N) is 1. The van der Waals surface area contributed by atoms with Gasteiger partial charge < -0.3 is 46.8 Å². The highest BCUT2D eigenvalue weighted by molar-refractivity contribution is 6.25. The topological polar surface area (TPSA) is 241 Å². The number of phenols is 1. The molecule has 4 rings (SSSR count). The molecule has 3 aliphatic carbocycles. The highest BCUT2D eigenvalue weighted by Crippen LogP contribution is 2.57. The predicted octanol–water partition coefficient (Wildman–Crippen LogP) is 1.95.